The number of nitrogens with two attached hydrogens (primary N) is 1. The van der Waals surface area contributed by atoms with Crippen molar-refractivity contribution in [3.05, 3.63) is 58.7 Å². The lowest BCUT2D eigenvalue weighted by molar-refractivity contribution is 0.0955. The van der Waals surface area contributed by atoms with Crippen LogP contribution in [0.25, 0.3) is 21.8 Å². The molecule has 0 unspecified atom stereocenters. The number of H-pyrrole nitrogens is 1. The van der Waals surface area contributed by atoms with Crippen molar-refractivity contribution < 1.29 is 14.3 Å². The summed E-state index contributed by atoms with van der Waals surface area (Å²) in [6.07, 6.45) is 2.64. The summed E-state index contributed by atoms with van der Waals surface area (Å²) in [4.78, 5) is 20.3. The van der Waals surface area contributed by atoms with Gasteiger partial charge in [0, 0.05) is 35.1 Å². The summed E-state index contributed by atoms with van der Waals surface area (Å²) in [6, 6.07) is 11.4. The zero-order valence-electron chi connectivity index (χ0n) is 16.6. The molecule has 0 aliphatic rings. The van der Waals surface area contributed by atoms with Crippen LogP contribution < -0.4 is 20.5 Å². The topological polar surface area (TPSA) is 102 Å². The van der Waals surface area contributed by atoms with Crippen LogP contribution in [0.15, 0.2) is 42.6 Å². The molecule has 2 aromatic heterocycles. The third-order valence-electron chi connectivity index (χ3n) is 5.03. The summed E-state index contributed by atoms with van der Waals surface area (Å²) >= 11 is 6.46. The molecule has 4 rings (SSSR count). The molecule has 0 saturated heterocycles. The zero-order valence-corrected chi connectivity index (χ0v) is 17.3. The van der Waals surface area contributed by atoms with Gasteiger partial charge in [0.1, 0.15) is 5.82 Å². The number of nitrogens with one attached hydrogen (secondary N) is 2. The Morgan fingerprint density at radius 3 is 2.77 bits per heavy atom. The molecule has 7 nitrogen and oxygen atoms in total. The van der Waals surface area contributed by atoms with Gasteiger partial charge >= 0.3 is 0 Å². The van der Waals surface area contributed by atoms with Crippen LogP contribution in [0.2, 0.25) is 5.02 Å². The number of amides is 1. The second-order valence-corrected chi connectivity index (χ2v) is 7.16. The minimum atomic E-state index is -0.312. The van der Waals surface area contributed by atoms with Gasteiger partial charge < -0.3 is 25.5 Å². The molecule has 0 spiro atoms. The maximum Gasteiger partial charge on any atom is 0.255 e. The maximum absolute atomic E-state index is 12.8. The second-order valence-electron chi connectivity index (χ2n) is 6.78. The summed E-state index contributed by atoms with van der Waals surface area (Å²) in [6.45, 7) is 0.456. The average Bonchev–Trinajstić information content (AvgIpc) is 3.16. The number of hydrogen-bond donors (Lipinski definition) is 3. The van der Waals surface area contributed by atoms with E-state index in [1.165, 1.54) is 14.2 Å². The van der Waals surface area contributed by atoms with Gasteiger partial charge in [0.25, 0.3) is 5.91 Å². The molecule has 30 heavy (non-hydrogen) atoms. The van der Waals surface area contributed by atoms with E-state index >= 15 is 0 Å². The van der Waals surface area contributed by atoms with Crippen molar-refractivity contribution in [1.82, 2.24) is 15.3 Å². The van der Waals surface area contributed by atoms with Crippen molar-refractivity contribution in [3.8, 4) is 11.5 Å². The van der Waals surface area contributed by atoms with Crippen molar-refractivity contribution in [2.75, 3.05) is 26.5 Å². The first-order valence-corrected chi connectivity index (χ1v) is 9.75. The Balaban J connectivity index is 1.56. The average molecular weight is 425 g/mol. The standard InChI is InChI=1S/C22H21ClN4O3/c1-29-18-10-17-14(19(23)20(18)30-2)9-15(21(24)27-17)22(28)25-8-7-12-11-26-16-6-4-3-5-13(12)16/h3-6,9-11,26H,7-8H2,1-2H3,(H2,24,27)(H,25,28). The van der Waals surface area contributed by atoms with Gasteiger partial charge in [0.15, 0.2) is 11.5 Å². The Bertz CT molecular complexity index is 1250. The molecule has 0 fully saturated rings. The van der Waals surface area contributed by atoms with Crippen molar-refractivity contribution in [1.29, 1.82) is 0 Å². The molecule has 2 heterocycles. The molecule has 0 aliphatic heterocycles. The monoisotopic (exact) mass is 424 g/mol. The molecular formula is C22H21ClN4O3. The normalized spacial score (nSPS) is 11.0. The van der Waals surface area contributed by atoms with Gasteiger partial charge in [0.2, 0.25) is 0 Å². The fourth-order valence-electron chi connectivity index (χ4n) is 3.52. The van der Waals surface area contributed by atoms with Crippen molar-refractivity contribution in [3.63, 3.8) is 0 Å². The predicted octanol–water partition coefficient (Wildman–Crippen LogP) is 3.94. The van der Waals surface area contributed by atoms with Gasteiger partial charge in [-0.3, -0.25) is 4.79 Å². The van der Waals surface area contributed by atoms with E-state index in [4.69, 9.17) is 26.8 Å². The van der Waals surface area contributed by atoms with Crippen molar-refractivity contribution in [2.45, 2.75) is 6.42 Å². The number of carbonyl (C=O) groups is 1. The van der Waals surface area contributed by atoms with Crippen LogP contribution in [0, 0.1) is 0 Å². The highest BCUT2D eigenvalue weighted by Gasteiger charge is 2.19. The largest absolute Gasteiger partial charge is 0.493 e. The lowest BCUT2D eigenvalue weighted by Gasteiger charge is -2.13. The molecule has 0 aliphatic carbocycles. The maximum atomic E-state index is 12.8. The Labute approximate surface area is 178 Å². The Morgan fingerprint density at radius 1 is 1.20 bits per heavy atom. The van der Waals surface area contributed by atoms with Crippen LogP contribution in [0.5, 0.6) is 11.5 Å². The number of fused-ring (bicyclic) bond motifs is 2. The smallest absolute Gasteiger partial charge is 0.255 e. The van der Waals surface area contributed by atoms with Gasteiger partial charge in [-0.05, 0) is 24.1 Å². The highest BCUT2D eigenvalue weighted by molar-refractivity contribution is 6.37. The quantitative estimate of drug-likeness (QED) is 0.435. The first kappa shape index (κ1) is 19.8. The lowest BCUT2D eigenvalue weighted by Crippen LogP contribution is -2.26. The number of aromatic amines is 1. The Morgan fingerprint density at radius 2 is 2.00 bits per heavy atom. The molecule has 0 bridgehead atoms. The second kappa shape index (κ2) is 8.12. The van der Waals surface area contributed by atoms with E-state index in [9.17, 15) is 4.79 Å². The van der Waals surface area contributed by atoms with Gasteiger partial charge in [-0.15, -0.1) is 0 Å². The van der Waals surface area contributed by atoms with Crippen molar-refractivity contribution in [2.24, 2.45) is 0 Å². The third kappa shape index (κ3) is 3.48. The fraction of sp³-hybridized carbons (Fsp3) is 0.182. The first-order chi connectivity index (χ1) is 14.5. The number of carbonyl (C=O) groups excluding carboxylic acids is 1. The summed E-state index contributed by atoms with van der Waals surface area (Å²) in [7, 11) is 3.01. The van der Waals surface area contributed by atoms with E-state index in [-0.39, 0.29) is 17.3 Å². The zero-order chi connectivity index (χ0) is 21.3. The highest BCUT2D eigenvalue weighted by Crippen LogP contribution is 2.41. The number of hydrogen-bond acceptors (Lipinski definition) is 5. The molecule has 2 aromatic carbocycles. The molecule has 4 aromatic rings. The SMILES string of the molecule is COc1cc2nc(N)c(C(=O)NCCc3c[nH]c4ccccc34)cc2c(Cl)c1OC. The molecule has 0 radical (unpaired) electrons. The number of pyridine rings is 1. The predicted molar refractivity (Wildman–Crippen MR) is 119 cm³/mol. The van der Waals surface area contributed by atoms with Gasteiger partial charge in [0.05, 0.1) is 30.3 Å². The van der Waals surface area contributed by atoms with Crippen LogP contribution in [0.3, 0.4) is 0 Å². The molecular weight excluding hydrogens is 404 g/mol. The minimum absolute atomic E-state index is 0.121. The molecule has 4 N–H and O–H groups in total. The summed E-state index contributed by atoms with van der Waals surface area (Å²) < 4.78 is 10.6. The number of nitrogen functional groups attached to an aromatic ring is 1. The molecule has 8 heteroatoms. The number of aromatic nitrogens is 2. The number of halogens is 1. The number of benzene rings is 2. The number of methoxy groups -OCH3 is 2. The van der Waals surface area contributed by atoms with Gasteiger partial charge in [-0.1, -0.05) is 29.8 Å². The van der Waals surface area contributed by atoms with Crippen LogP contribution in [-0.4, -0.2) is 36.6 Å². The minimum Gasteiger partial charge on any atom is -0.493 e. The number of anilines is 1. The molecule has 0 saturated carbocycles. The molecule has 154 valence electrons. The van der Waals surface area contributed by atoms with E-state index < -0.39 is 0 Å². The highest BCUT2D eigenvalue weighted by atomic mass is 35.5. The number of rotatable bonds is 6. The number of ether oxygens (including phenoxy) is 2. The third-order valence-corrected chi connectivity index (χ3v) is 5.41. The first-order valence-electron chi connectivity index (χ1n) is 9.37. The lowest BCUT2D eigenvalue weighted by atomic mass is 10.1. The van der Waals surface area contributed by atoms with Crippen LogP contribution >= 0.6 is 11.6 Å². The van der Waals surface area contributed by atoms with E-state index in [1.807, 2.05) is 24.4 Å². The van der Waals surface area contributed by atoms with E-state index in [0.717, 1.165) is 16.5 Å². The molecule has 1 amide bonds. The molecule has 0 atom stereocenters. The van der Waals surface area contributed by atoms with Gasteiger partial charge in [-0.25, -0.2) is 4.98 Å². The Hall–Kier alpha value is -3.45. The Kier molecular flexibility index (Phi) is 5.37. The van der Waals surface area contributed by atoms with Gasteiger partial charge in [-0.2, -0.15) is 0 Å². The van der Waals surface area contributed by atoms with Crippen LogP contribution in [-0.2, 0) is 6.42 Å². The summed E-state index contributed by atoms with van der Waals surface area (Å²) in [5.74, 6) is 0.629. The van der Waals surface area contributed by atoms with Crippen molar-refractivity contribution >= 4 is 45.1 Å². The van der Waals surface area contributed by atoms with E-state index in [2.05, 4.69) is 21.4 Å². The number of nitrogens with zero attached hydrogens (tertiary/aromatic N) is 1. The summed E-state index contributed by atoms with van der Waals surface area (Å²) in [5.41, 5.74) is 9.03. The fourth-order valence-corrected chi connectivity index (χ4v) is 3.84. The van der Waals surface area contributed by atoms with Crippen LogP contribution in [0.1, 0.15) is 15.9 Å². The van der Waals surface area contributed by atoms with Crippen LogP contribution in [0.4, 0.5) is 5.82 Å². The van der Waals surface area contributed by atoms with E-state index in [1.54, 1.807) is 12.1 Å². The van der Waals surface area contributed by atoms with E-state index in [0.29, 0.717) is 40.4 Å². The summed E-state index contributed by atoms with van der Waals surface area (Å²) in [5, 5.41) is 4.92. The number of para-hydroxylation sites is 1.